The first-order valence-corrected chi connectivity index (χ1v) is 9.46. The molecule has 0 amide bonds. The molecular weight excluding hydrogens is 320 g/mol. The second-order valence-electron chi connectivity index (χ2n) is 7.97. The van der Waals surface area contributed by atoms with Gasteiger partial charge in [0, 0.05) is 18.3 Å². The van der Waals surface area contributed by atoms with Crippen molar-refractivity contribution < 1.29 is 24.9 Å². The first-order chi connectivity index (χ1) is 11.7. The second-order valence-corrected chi connectivity index (χ2v) is 7.97. The van der Waals surface area contributed by atoms with Crippen LogP contribution in [0.5, 0.6) is 0 Å². The summed E-state index contributed by atoms with van der Waals surface area (Å²) in [6, 6.07) is 0. The zero-order valence-corrected chi connectivity index (χ0v) is 16.2. The standard InChI is InChI=1S/C20H36O5/c1-14(2)7-9-17(22)15(3)6-5-11-20(4)19(24)10-8-16(13-25-20)18(23)12-21/h7,15-16,18-19,21,23-24H,5-6,8-13H2,1-4H3/t15?,16?,18?,19-,20+/m1/s1. The molecule has 1 fully saturated rings. The molecule has 146 valence electrons. The Balaban J connectivity index is 2.49. The van der Waals surface area contributed by atoms with E-state index < -0.39 is 17.8 Å². The molecule has 5 heteroatoms. The van der Waals surface area contributed by atoms with Crippen LogP contribution < -0.4 is 0 Å². The van der Waals surface area contributed by atoms with Crippen LogP contribution in [-0.2, 0) is 9.53 Å². The highest BCUT2D eigenvalue weighted by molar-refractivity contribution is 5.82. The SMILES string of the molecule is CC(C)=CCC(=O)C(C)CCC[C@]1(C)OCC(C(O)CO)CC[C@H]1O. The maximum atomic E-state index is 12.1. The zero-order chi connectivity index (χ0) is 19.0. The van der Waals surface area contributed by atoms with Crippen LogP contribution in [0.3, 0.4) is 0 Å². The number of carbonyl (C=O) groups is 1. The molecule has 5 atom stereocenters. The van der Waals surface area contributed by atoms with Crippen LogP contribution in [-0.4, -0.2) is 52.1 Å². The molecule has 1 aliphatic heterocycles. The fraction of sp³-hybridized carbons (Fsp3) is 0.850. The van der Waals surface area contributed by atoms with Gasteiger partial charge in [-0.3, -0.25) is 4.79 Å². The van der Waals surface area contributed by atoms with Crippen molar-refractivity contribution in [3.05, 3.63) is 11.6 Å². The predicted molar refractivity (Wildman–Crippen MR) is 98.3 cm³/mol. The van der Waals surface area contributed by atoms with E-state index >= 15 is 0 Å². The van der Waals surface area contributed by atoms with Gasteiger partial charge in [-0.05, 0) is 52.9 Å². The number of hydrogen-bond acceptors (Lipinski definition) is 5. The number of aliphatic hydroxyl groups is 3. The number of Topliss-reactive ketones (excluding diaryl/α,β-unsaturated/α-hetero) is 1. The summed E-state index contributed by atoms with van der Waals surface area (Å²) in [5.41, 5.74) is 0.495. The molecule has 0 aromatic heterocycles. The fourth-order valence-corrected chi connectivity index (χ4v) is 3.27. The molecule has 1 aliphatic rings. The molecule has 3 unspecified atom stereocenters. The maximum absolute atomic E-state index is 12.1. The van der Waals surface area contributed by atoms with Crippen molar-refractivity contribution in [2.75, 3.05) is 13.2 Å². The van der Waals surface area contributed by atoms with Crippen molar-refractivity contribution in [3.63, 3.8) is 0 Å². The summed E-state index contributed by atoms with van der Waals surface area (Å²) in [4.78, 5) is 12.1. The van der Waals surface area contributed by atoms with Crippen molar-refractivity contribution >= 4 is 5.78 Å². The molecule has 0 aliphatic carbocycles. The quantitative estimate of drug-likeness (QED) is 0.553. The first-order valence-electron chi connectivity index (χ1n) is 9.46. The van der Waals surface area contributed by atoms with Gasteiger partial charge in [-0.1, -0.05) is 18.6 Å². The zero-order valence-electron chi connectivity index (χ0n) is 16.2. The molecule has 5 nitrogen and oxygen atoms in total. The highest BCUT2D eigenvalue weighted by atomic mass is 16.5. The predicted octanol–water partition coefficient (Wildman–Crippen LogP) is 2.62. The highest BCUT2D eigenvalue weighted by Crippen LogP contribution is 2.33. The smallest absolute Gasteiger partial charge is 0.139 e. The summed E-state index contributed by atoms with van der Waals surface area (Å²) in [7, 11) is 0. The van der Waals surface area contributed by atoms with Crippen molar-refractivity contribution in [3.8, 4) is 0 Å². The minimum absolute atomic E-state index is 0.00563. The molecule has 3 N–H and O–H groups in total. The summed E-state index contributed by atoms with van der Waals surface area (Å²) in [6.45, 7) is 7.90. The van der Waals surface area contributed by atoms with E-state index in [1.165, 1.54) is 0 Å². The Kier molecular flexibility index (Phi) is 9.28. The molecule has 1 rings (SSSR count). The van der Waals surface area contributed by atoms with E-state index in [-0.39, 0.29) is 24.2 Å². The average Bonchev–Trinajstić information content (AvgIpc) is 2.72. The lowest BCUT2D eigenvalue weighted by Gasteiger charge is -2.33. The van der Waals surface area contributed by atoms with Crippen molar-refractivity contribution in [2.45, 2.75) is 84.0 Å². The van der Waals surface area contributed by atoms with Crippen LogP contribution in [0.2, 0.25) is 0 Å². The van der Waals surface area contributed by atoms with Gasteiger partial charge < -0.3 is 20.1 Å². The van der Waals surface area contributed by atoms with E-state index in [9.17, 15) is 15.0 Å². The number of allylic oxidation sites excluding steroid dienone is 2. The number of rotatable bonds is 9. The largest absolute Gasteiger partial charge is 0.394 e. The first kappa shape index (κ1) is 22.3. The van der Waals surface area contributed by atoms with Crippen molar-refractivity contribution in [2.24, 2.45) is 11.8 Å². The van der Waals surface area contributed by atoms with Crippen LogP contribution in [0.1, 0.15) is 66.2 Å². The van der Waals surface area contributed by atoms with Gasteiger partial charge in [0.05, 0.1) is 31.0 Å². The Morgan fingerprint density at radius 3 is 2.64 bits per heavy atom. The molecule has 0 bridgehead atoms. The summed E-state index contributed by atoms with van der Waals surface area (Å²) < 4.78 is 5.94. The molecule has 0 aromatic carbocycles. The highest BCUT2D eigenvalue weighted by Gasteiger charge is 2.38. The molecular formula is C20H36O5. The minimum atomic E-state index is -0.803. The summed E-state index contributed by atoms with van der Waals surface area (Å²) in [5, 5.41) is 29.4. The Bertz CT molecular complexity index is 443. The molecule has 1 heterocycles. The van der Waals surface area contributed by atoms with Gasteiger partial charge in [0.15, 0.2) is 0 Å². The minimum Gasteiger partial charge on any atom is -0.394 e. The van der Waals surface area contributed by atoms with Crippen LogP contribution in [0.15, 0.2) is 11.6 Å². The third-order valence-corrected chi connectivity index (χ3v) is 5.45. The Morgan fingerprint density at radius 2 is 2.04 bits per heavy atom. The lowest BCUT2D eigenvalue weighted by molar-refractivity contribution is -0.124. The van der Waals surface area contributed by atoms with E-state index in [1.807, 2.05) is 33.8 Å². The van der Waals surface area contributed by atoms with Gasteiger partial charge in [-0.2, -0.15) is 0 Å². The van der Waals surface area contributed by atoms with Crippen LogP contribution in [0.25, 0.3) is 0 Å². The maximum Gasteiger partial charge on any atom is 0.139 e. The topological polar surface area (TPSA) is 87.0 Å². The molecule has 0 saturated carbocycles. The van der Waals surface area contributed by atoms with E-state index in [1.54, 1.807) is 0 Å². The molecule has 0 spiro atoms. The van der Waals surface area contributed by atoms with Crippen molar-refractivity contribution in [1.29, 1.82) is 0 Å². The van der Waals surface area contributed by atoms with Gasteiger partial charge in [0.2, 0.25) is 0 Å². The number of ether oxygens (including phenoxy) is 1. The van der Waals surface area contributed by atoms with E-state index in [0.29, 0.717) is 32.3 Å². The summed E-state index contributed by atoms with van der Waals surface area (Å²) in [6.07, 6.45) is 4.50. The van der Waals surface area contributed by atoms with Crippen LogP contribution in [0, 0.1) is 11.8 Å². The third kappa shape index (κ3) is 7.18. The molecule has 0 aromatic rings. The normalized spacial score (nSPS) is 29.6. The number of hydrogen-bond donors (Lipinski definition) is 3. The Labute approximate surface area is 152 Å². The average molecular weight is 357 g/mol. The number of carbonyl (C=O) groups excluding carboxylic acids is 1. The van der Waals surface area contributed by atoms with Gasteiger partial charge in [-0.15, -0.1) is 0 Å². The Morgan fingerprint density at radius 1 is 1.36 bits per heavy atom. The number of ketones is 1. The van der Waals surface area contributed by atoms with Crippen LogP contribution in [0.4, 0.5) is 0 Å². The monoisotopic (exact) mass is 356 g/mol. The molecule has 25 heavy (non-hydrogen) atoms. The Hall–Kier alpha value is -0.750. The van der Waals surface area contributed by atoms with Gasteiger partial charge in [0.1, 0.15) is 5.78 Å². The summed E-state index contributed by atoms with van der Waals surface area (Å²) >= 11 is 0. The van der Waals surface area contributed by atoms with Gasteiger partial charge in [0.25, 0.3) is 0 Å². The second kappa shape index (κ2) is 10.4. The van der Waals surface area contributed by atoms with Crippen LogP contribution >= 0.6 is 0 Å². The van der Waals surface area contributed by atoms with E-state index in [2.05, 4.69) is 0 Å². The third-order valence-electron chi connectivity index (χ3n) is 5.45. The number of aliphatic hydroxyl groups excluding tert-OH is 3. The molecule has 0 radical (unpaired) electrons. The summed E-state index contributed by atoms with van der Waals surface area (Å²) in [5.74, 6) is 0.108. The van der Waals surface area contributed by atoms with E-state index in [0.717, 1.165) is 18.4 Å². The van der Waals surface area contributed by atoms with E-state index in [4.69, 9.17) is 9.84 Å². The fourth-order valence-electron chi connectivity index (χ4n) is 3.27. The lowest BCUT2D eigenvalue weighted by atomic mass is 9.87. The lowest BCUT2D eigenvalue weighted by Crippen LogP contribution is -2.41. The van der Waals surface area contributed by atoms with Gasteiger partial charge >= 0.3 is 0 Å². The van der Waals surface area contributed by atoms with Crippen molar-refractivity contribution in [1.82, 2.24) is 0 Å². The molecule has 1 saturated heterocycles. The van der Waals surface area contributed by atoms with Gasteiger partial charge in [-0.25, -0.2) is 0 Å².